The van der Waals surface area contributed by atoms with Crippen molar-refractivity contribution in [2.75, 3.05) is 11.6 Å². The predicted molar refractivity (Wildman–Crippen MR) is 75.6 cm³/mol. The third-order valence-corrected chi connectivity index (χ3v) is 6.86. The zero-order valence-electron chi connectivity index (χ0n) is 10.6. The summed E-state index contributed by atoms with van der Waals surface area (Å²) in [5.74, 6) is -0.977. The summed E-state index contributed by atoms with van der Waals surface area (Å²) in [6, 6.07) is 2.73. The van der Waals surface area contributed by atoms with Crippen LogP contribution in [0.3, 0.4) is 0 Å². The fraction of sp³-hybridized carbons (Fsp3) is 0.455. The third-order valence-electron chi connectivity index (χ3n) is 3.08. The van der Waals surface area contributed by atoms with E-state index in [0.29, 0.717) is 18.2 Å². The molecule has 1 aliphatic rings. The van der Waals surface area contributed by atoms with Crippen molar-refractivity contribution < 1.29 is 21.2 Å². The normalized spacial score (nSPS) is 17.9. The number of rotatable bonds is 5. The van der Waals surface area contributed by atoms with Crippen molar-refractivity contribution in [3.63, 3.8) is 0 Å². The number of halogens is 2. The number of sulfone groups is 1. The van der Waals surface area contributed by atoms with Gasteiger partial charge in [-0.3, -0.25) is 0 Å². The highest BCUT2D eigenvalue weighted by molar-refractivity contribution is 9.09. The van der Waals surface area contributed by atoms with Gasteiger partial charge in [-0.1, -0.05) is 15.9 Å². The summed E-state index contributed by atoms with van der Waals surface area (Å²) in [6.07, 6.45) is 2.25. The molecule has 20 heavy (non-hydrogen) atoms. The summed E-state index contributed by atoms with van der Waals surface area (Å²) in [6.45, 7) is 0. The maximum atomic E-state index is 13.7. The van der Waals surface area contributed by atoms with Crippen LogP contribution in [0.5, 0.6) is 0 Å². The quantitative estimate of drug-likeness (QED) is 0.614. The molecule has 0 aliphatic heterocycles. The van der Waals surface area contributed by atoms with Gasteiger partial charge in [0, 0.05) is 17.1 Å². The highest BCUT2D eigenvalue weighted by atomic mass is 79.9. The number of hydrogen-bond donors (Lipinski definition) is 1. The zero-order chi connectivity index (χ0) is 15.2. The molecule has 1 aromatic rings. The Bertz CT molecular complexity index is 742. The van der Waals surface area contributed by atoms with Crippen LogP contribution in [0.15, 0.2) is 28.0 Å². The van der Waals surface area contributed by atoms with Crippen molar-refractivity contribution in [1.29, 1.82) is 0 Å². The summed E-state index contributed by atoms with van der Waals surface area (Å²) in [5, 5.41) is 0.423. The van der Waals surface area contributed by atoms with E-state index in [4.69, 9.17) is 0 Å². The molecule has 0 heterocycles. The molecular weight excluding hydrogens is 373 g/mol. The number of sulfonamides is 1. The SMILES string of the molecule is CS(=O)(=O)c1ccc(F)c(S(=O)(=O)NC2(CBr)CC2)c1. The Hall–Kier alpha value is -0.510. The van der Waals surface area contributed by atoms with Crippen LogP contribution in [0, 0.1) is 5.82 Å². The Morgan fingerprint density at radius 1 is 1.30 bits per heavy atom. The second kappa shape index (κ2) is 5.04. The number of nitrogens with one attached hydrogen (secondary N) is 1. The molecule has 1 N–H and O–H groups in total. The molecule has 2 rings (SSSR count). The van der Waals surface area contributed by atoms with Crippen LogP contribution >= 0.6 is 15.9 Å². The van der Waals surface area contributed by atoms with Gasteiger partial charge in [-0.15, -0.1) is 0 Å². The Kier molecular flexibility index (Phi) is 4.00. The van der Waals surface area contributed by atoms with Crippen LogP contribution in [0.4, 0.5) is 4.39 Å². The van der Waals surface area contributed by atoms with Gasteiger partial charge in [0.15, 0.2) is 9.84 Å². The highest BCUT2D eigenvalue weighted by Gasteiger charge is 2.45. The number of hydrogen-bond acceptors (Lipinski definition) is 4. The van der Waals surface area contributed by atoms with Crippen molar-refractivity contribution in [3.05, 3.63) is 24.0 Å². The Morgan fingerprint density at radius 3 is 2.35 bits per heavy atom. The lowest BCUT2D eigenvalue weighted by molar-refractivity contribution is 0.541. The van der Waals surface area contributed by atoms with Crippen LogP contribution in [0.25, 0.3) is 0 Å². The first-order valence-corrected chi connectivity index (χ1v) is 10.2. The summed E-state index contributed by atoms with van der Waals surface area (Å²) in [5.41, 5.74) is -0.591. The van der Waals surface area contributed by atoms with Crippen LogP contribution in [-0.2, 0) is 19.9 Å². The number of alkyl halides is 1. The van der Waals surface area contributed by atoms with Crippen molar-refractivity contribution >= 4 is 35.8 Å². The molecule has 1 aliphatic carbocycles. The first-order chi connectivity index (χ1) is 9.10. The first kappa shape index (κ1) is 15.9. The topological polar surface area (TPSA) is 80.3 Å². The van der Waals surface area contributed by atoms with Crippen molar-refractivity contribution in [2.24, 2.45) is 0 Å². The minimum absolute atomic E-state index is 0.233. The molecule has 9 heteroatoms. The van der Waals surface area contributed by atoms with Crippen LogP contribution in [0.1, 0.15) is 12.8 Å². The van der Waals surface area contributed by atoms with E-state index in [1.165, 1.54) is 0 Å². The molecular formula is C11H13BrFNO4S2. The van der Waals surface area contributed by atoms with E-state index in [1.54, 1.807) is 0 Å². The molecule has 1 aromatic carbocycles. The van der Waals surface area contributed by atoms with E-state index < -0.39 is 36.1 Å². The van der Waals surface area contributed by atoms with Gasteiger partial charge in [0.05, 0.1) is 4.90 Å². The molecule has 0 spiro atoms. The molecule has 0 radical (unpaired) electrons. The summed E-state index contributed by atoms with van der Waals surface area (Å²) in [7, 11) is -7.70. The van der Waals surface area contributed by atoms with Gasteiger partial charge in [0.2, 0.25) is 10.0 Å². The largest absolute Gasteiger partial charge is 0.244 e. The smallest absolute Gasteiger partial charge is 0.224 e. The second-order valence-electron chi connectivity index (χ2n) is 4.88. The molecule has 1 saturated carbocycles. The summed E-state index contributed by atoms with van der Waals surface area (Å²) in [4.78, 5) is -0.879. The van der Waals surface area contributed by atoms with E-state index in [1.807, 2.05) is 0 Å². The van der Waals surface area contributed by atoms with Gasteiger partial charge >= 0.3 is 0 Å². The van der Waals surface area contributed by atoms with Gasteiger partial charge in [0.1, 0.15) is 10.7 Å². The summed E-state index contributed by atoms with van der Waals surface area (Å²) < 4.78 is 63.4. The molecule has 112 valence electrons. The zero-order valence-corrected chi connectivity index (χ0v) is 13.8. The molecule has 0 bridgehead atoms. The Morgan fingerprint density at radius 2 is 1.90 bits per heavy atom. The fourth-order valence-electron chi connectivity index (χ4n) is 1.67. The molecule has 0 unspecified atom stereocenters. The Balaban J connectivity index is 2.46. The summed E-state index contributed by atoms with van der Waals surface area (Å²) >= 11 is 3.21. The van der Waals surface area contributed by atoms with E-state index in [2.05, 4.69) is 20.7 Å². The lowest BCUT2D eigenvalue weighted by atomic mass is 10.3. The van der Waals surface area contributed by atoms with E-state index in [0.717, 1.165) is 24.5 Å². The number of benzene rings is 1. The molecule has 0 amide bonds. The predicted octanol–water partition coefficient (Wildman–Crippen LogP) is 1.44. The third kappa shape index (κ3) is 3.21. The van der Waals surface area contributed by atoms with Crippen LogP contribution in [0.2, 0.25) is 0 Å². The van der Waals surface area contributed by atoms with Crippen molar-refractivity contribution in [1.82, 2.24) is 4.72 Å². The second-order valence-corrected chi connectivity index (χ2v) is 9.11. The van der Waals surface area contributed by atoms with E-state index in [9.17, 15) is 21.2 Å². The maximum Gasteiger partial charge on any atom is 0.244 e. The van der Waals surface area contributed by atoms with Gasteiger partial charge in [-0.05, 0) is 31.0 Å². The van der Waals surface area contributed by atoms with Crippen LogP contribution in [-0.4, -0.2) is 34.0 Å². The highest BCUT2D eigenvalue weighted by Crippen LogP contribution is 2.38. The first-order valence-electron chi connectivity index (χ1n) is 5.69. The van der Waals surface area contributed by atoms with Gasteiger partial charge in [-0.25, -0.2) is 25.9 Å². The van der Waals surface area contributed by atoms with E-state index >= 15 is 0 Å². The van der Waals surface area contributed by atoms with Gasteiger partial charge in [0.25, 0.3) is 0 Å². The fourth-order valence-corrected chi connectivity index (χ4v) is 4.85. The average molecular weight is 386 g/mol. The molecule has 0 atom stereocenters. The maximum absolute atomic E-state index is 13.7. The van der Waals surface area contributed by atoms with Crippen LogP contribution < -0.4 is 4.72 Å². The molecule has 0 saturated heterocycles. The van der Waals surface area contributed by atoms with Crippen molar-refractivity contribution in [2.45, 2.75) is 28.2 Å². The van der Waals surface area contributed by atoms with Gasteiger partial charge < -0.3 is 0 Å². The average Bonchev–Trinajstić information content (AvgIpc) is 3.07. The lowest BCUT2D eigenvalue weighted by Crippen LogP contribution is -2.38. The molecule has 0 aromatic heterocycles. The standard InChI is InChI=1S/C11H13BrFNO4S2/c1-19(15,16)8-2-3-9(13)10(6-8)20(17,18)14-11(7-12)4-5-11/h2-3,6,14H,4-5,7H2,1H3. The van der Waals surface area contributed by atoms with E-state index in [-0.39, 0.29) is 4.90 Å². The van der Waals surface area contributed by atoms with Gasteiger partial charge in [-0.2, -0.15) is 0 Å². The molecule has 1 fully saturated rings. The lowest BCUT2D eigenvalue weighted by Gasteiger charge is -2.15. The Labute approximate surface area is 125 Å². The van der Waals surface area contributed by atoms with Crippen molar-refractivity contribution in [3.8, 4) is 0 Å². The molecule has 5 nitrogen and oxygen atoms in total. The minimum Gasteiger partial charge on any atom is -0.224 e. The monoisotopic (exact) mass is 385 g/mol. The minimum atomic E-state index is -4.10.